The van der Waals surface area contributed by atoms with E-state index in [1.807, 2.05) is 17.5 Å². The molecule has 4 aromatic carbocycles. The Hall–Kier alpha value is -3.50. The van der Waals surface area contributed by atoms with Crippen LogP contribution in [-0.2, 0) is 26.7 Å². The first-order chi connectivity index (χ1) is 17.3. The Morgan fingerprint density at radius 3 is 2.50 bits per heavy atom. The summed E-state index contributed by atoms with van der Waals surface area (Å²) in [4.78, 5) is 5.93. The molecular weight excluding hydrogens is 639 g/mol. The van der Waals surface area contributed by atoms with Crippen LogP contribution >= 0.6 is 11.3 Å². The molecule has 0 spiro atoms. The maximum absolute atomic E-state index is 4.69. The fourth-order valence-electron chi connectivity index (χ4n) is 5.73. The van der Waals surface area contributed by atoms with Crippen molar-refractivity contribution in [2.24, 2.45) is 0 Å². The number of aromatic nitrogens is 3. The molecule has 4 aromatic heterocycles. The van der Waals surface area contributed by atoms with Crippen molar-refractivity contribution in [2.45, 2.75) is 13.5 Å². The smallest absolute Gasteiger partial charge is 0.0919 e. The fraction of sp³-hybridized carbons (Fsp3) is 0.0645. The third kappa shape index (κ3) is 2.85. The minimum atomic E-state index is 0. The molecule has 0 aliphatic heterocycles. The van der Waals surface area contributed by atoms with Crippen LogP contribution in [0.15, 0.2) is 91.3 Å². The molecule has 0 atom stereocenters. The summed E-state index contributed by atoms with van der Waals surface area (Å²) >= 11 is 1.83. The van der Waals surface area contributed by atoms with Crippen molar-refractivity contribution < 1.29 is 20.1 Å². The van der Waals surface area contributed by atoms with Crippen LogP contribution in [0.3, 0.4) is 0 Å². The SMILES string of the molecule is CCn1c2ccccc2c2cc(-c3c[c-]c4c(c3)c3c5ccccc5sc3n3ccnc43)ccc21.[Ir]. The van der Waals surface area contributed by atoms with E-state index in [0.29, 0.717) is 0 Å². The van der Waals surface area contributed by atoms with Crippen LogP contribution in [0.2, 0.25) is 0 Å². The van der Waals surface area contributed by atoms with Crippen molar-refractivity contribution in [2.75, 3.05) is 0 Å². The van der Waals surface area contributed by atoms with E-state index in [-0.39, 0.29) is 20.1 Å². The molecule has 175 valence electrons. The number of thiophene rings is 1. The zero-order chi connectivity index (χ0) is 23.1. The van der Waals surface area contributed by atoms with Gasteiger partial charge in [0.1, 0.15) is 0 Å². The van der Waals surface area contributed by atoms with Crippen molar-refractivity contribution in [1.29, 1.82) is 0 Å². The fourth-order valence-corrected chi connectivity index (χ4v) is 6.94. The standard InChI is InChI=1S/C31H20N3S.Ir/c1-2-33-26-9-5-3-7-21(26)24-17-20(12-14-27(24)33)19-11-13-22-25(18-19)29-23-8-4-6-10-28(23)35-31(29)34-16-15-32-30(22)34;/h3-12,14-18H,2H2,1H3;/q-1;. The number of para-hydroxylation sites is 1. The van der Waals surface area contributed by atoms with Crippen LogP contribution < -0.4 is 0 Å². The Bertz CT molecular complexity index is 2110. The molecule has 0 saturated heterocycles. The van der Waals surface area contributed by atoms with Crippen molar-refractivity contribution in [1.82, 2.24) is 14.0 Å². The Kier molecular flexibility index (Phi) is 4.84. The summed E-state index contributed by atoms with van der Waals surface area (Å²) in [7, 11) is 0. The van der Waals surface area contributed by atoms with Gasteiger partial charge in [0.15, 0.2) is 0 Å². The van der Waals surface area contributed by atoms with Gasteiger partial charge in [-0.1, -0.05) is 65.0 Å². The first-order valence-corrected chi connectivity index (χ1v) is 12.8. The van der Waals surface area contributed by atoms with E-state index < -0.39 is 0 Å². The summed E-state index contributed by atoms with van der Waals surface area (Å²) in [6.07, 6.45) is 3.95. The van der Waals surface area contributed by atoms with Gasteiger partial charge in [0.05, 0.1) is 10.5 Å². The van der Waals surface area contributed by atoms with Gasteiger partial charge in [-0.05, 0) is 35.9 Å². The zero-order valence-corrected chi connectivity index (χ0v) is 22.7. The van der Waals surface area contributed by atoms with E-state index in [1.54, 1.807) is 0 Å². The maximum Gasteiger partial charge on any atom is 0.0919 e. The number of aryl methyl sites for hydroxylation is 1. The normalized spacial score (nSPS) is 11.9. The third-order valence-corrected chi connectivity index (χ3v) is 8.46. The minimum Gasteiger partial charge on any atom is -0.341 e. The first kappa shape index (κ1) is 21.8. The zero-order valence-electron chi connectivity index (χ0n) is 19.5. The molecule has 0 aliphatic carbocycles. The van der Waals surface area contributed by atoms with Gasteiger partial charge in [0.25, 0.3) is 0 Å². The summed E-state index contributed by atoms with van der Waals surface area (Å²) in [5.41, 5.74) is 5.94. The molecule has 0 fully saturated rings. The number of imidazole rings is 1. The molecule has 36 heavy (non-hydrogen) atoms. The van der Waals surface area contributed by atoms with Gasteiger partial charge in [0.2, 0.25) is 0 Å². The maximum atomic E-state index is 4.69. The van der Waals surface area contributed by atoms with Gasteiger partial charge >= 0.3 is 0 Å². The molecule has 0 amide bonds. The Morgan fingerprint density at radius 2 is 1.61 bits per heavy atom. The molecule has 8 aromatic rings. The molecule has 0 saturated carbocycles. The molecule has 0 unspecified atom stereocenters. The second-order valence-corrected chi connectivity index (χ2v) is 10.1. The van der Waals surface area contributed by atoms with Gasteiger partial charge in [0, 0.05) is 65.5 Å². The van der Waals surface area contributed by atoms with Crippen LogP contribution in [-0.4, -0.2) is 14.0 Å². The Morgan fingerprint density at radius 1 is 0.833 bits per heavy atom. The van der Waals surface area contributed by atoms with Crippen LogP contribution in [0, 0.1) is 6.07 Å². The predicted octanol–water partition coefficient (Wildman–Crippen LogP) is 8.45. The minimum absolute atomic E-state index is 0. The van der Waals surface area contributed by atoms with E-state index in [4.69, 9.17) is 4.98 Å². The van der Waals surface area contributed by atoms with Crippen LogP contribution in [0.5, 0.6) is 0 Å². The summed E-state index contributed by atoms with van der Waals surface area (Å²) in [6.45, 7) is 3.17. The average Bonchev–Trinajstić information content (AvgIpc) is 3.62. The number of rotatable bonds is 2. The van der Waals surface area contributed by atoms with Gasteiger partial charge in [-0.15, -0.1) is 34.9 Å². The average molecular weight is 659 g/mol. The molecule has 8 rings (SSSR count). The molecule has 5 heteroatoms. The van der Waals surface area contributed by atoms with E-state index in [2.05, 4.69) is 107 Å². The van der Waals surface area contributed by atoms with E-state index in [9.17, 15) is 0 Å². The number of nitrogens with zero attached hydrogens (tertiary/aromatic N) is 3. The summed E-state index contributed by atoms with van der Waals surface area (Å²) in [5, 5.41) is 7.47. The van der Waals surface area contributed by atoms with Crippen molar-refractivity contribution in [3.05, 3.63) is 97.3 Å². The molecule has 3 nitrogen and oxygen atoms in total. The first-order valence-electron chi connectivity index (χ1n) is 11.9. The topological polar surface area (TPSA) is 22.2 Å². The largest absolute Gasteiger partial charge is 0.341 e. The molecule has 0 N–H and O–H groups in total. The van der Waals surface area contributed by atoms with Crippen molar-refractivity contribution in [3.8, 4) is 11.1 Å². The number of hydrogen-bond donors (Lipinski definition) is 0. The number of pyridine rings is 1. The molecule has 1 radical (unpaired) electrons. The monoisotopic (exact) mass is 659 g/mol. The summed E-state index contributed by atoms with van der Waals surface area (Å²) in [5.74, 6) is 0. The third-order valence-electron chi connectivity index (χ3n) is 7.29. The van der Waals surface area contributed by atoms with Gasteiger partial charge in [-0.25, -0.2) is 0 Å². The number of hydrogen-bond acceptors (Lipinski definition) is 2. The molecule has 0 bridgehead atoms. The Balaban J connectivity index is 0.00000220. The summed E-state index contributed by atoms with van der Waals surface area (Å²) < 4.78 is 5.91. The van der Waals surface area contributed by atoms with E-state index in [0.717, 1.165) is 17.6 Å². The quantitative estimate of drug-likeness (QED) is 0.171. The van der Waals surface area contributed by atoms with Gasteiger partial charge in [-0.3, -0.25) is 4.98 Å². The second kappa shape index (κ2) is 8.01. The predicted molar refractivity (Wildman–Crippen MR) is 149 cm³/mol. The Labute approximate surface area is 225 Å². The van der Waals surface area contributed by atoms with Crippen molar-refractivity contribution in [3.63, 3.8) is 0 Å². The van der Waals surface area contributed by atoms with Crippen LogP contribution in [0.4, 0.5) is 0 Å². The van der Waals surface area contributed by atoms with Gasteiger partial charge < -0.3 is 8.97 Å². The van der Waals surface area contributed by atoms with Crippen LogP contribution in [0.25, 0.3) is 69.7 Å². The van der Waals surface area contributed by atoms with E-state index in [1.165, 1.54) is 58.6 Å². The summed E-state index contributed by atoms with van der Waals surface area (Å²) in [6, 6.07) is 32.3. The van der Waals surface area contributed by atoms with Crippen molar-refractivity contribution >= 4 is 69.9 Å². The van der Waals surface area contributed by atoms with Gasteiger partial charge in [-0.2, -0.15) is 0 Å². The number of fused-ring (bicyclic) bond motifs is 11. The van der Waals surface area contributed by atoms with Crippen LogP contribution in [0.1, 0.15) is 6.92 Å². The number of benzene rings is 4. The molecule has 4 heterocycles. The second-order valence-electron chi connectivity index (χ2n) is 9.07. The molecule has 0 aliphatic rings. The molecular formula is C31H20IrN3S-. The van der Waals surface area contributed by atoms with E-state index >= 15 is 0 Å².